The molecule has 0 aliphatic carbocycles. The lowest BCUT2D eigenvalue weighted by molar-refractivity contribution is -0.117. The van der Waals surface area contributed by atoms with Gasteiger partial charge in [0.05, 0.1) is 21.7 Å². The molecule has 1 fully saturated rings. The second-order valence-electron chi connectivity index (χ2n) is 7.55. The van der Waals surface area contributed by atoms with Crippen molar-refractivity contribution in [1.29, 1.82) is 0 Å². The van der Waals surface area contributed by atoms with Crippen LogP contribution in [0, 0.1) is 0 Å². The molecule has 2 aromatic carbocycles. The fraction of sp³-hybridized carbons (Fsp3) is 0.273. The van der Waals surface area contributed by atoms with Crippen LogP contribution in [0.15, 0.2) is 42.5 Å². The fourth-order valence-electron chi connectivity index (χ4n) is 3.99. The molecule has 3 heterocycles. The maximum Gasteiger partial charge on any atom is 0.259 e. The van der Waals surface area contributed by atoms with Crippen molar-refractivity contribution in [1.82, 2.24) is 9.97 Å². The molecular formula is C22H20ClN5O2. The van der Waals surface area contributed by atoms with Crippen LogP contribution < -0.4 is 14.7 Å². The van der Waals surface area contributed by atoms with E-state index in [4.69, 9.17) is 21.6 Å². The van der Waals surface area contributed by atoms with Crippen molar-refractivity contribution in [2.75, 3.05) is 41.4 Å². The number of para-hydroxylation sites is 2. The summed E-state index contributed by atoms with van der Waals surface area (Å²) in [6, 6.07) is 12.7. The minimum absolute atomic E-state index is 0.0313. The summed E-state index contributed by atoms with van der Waals surface area (Å²) in [6.07, 6.45) is 1.30. The standard InChI is InChI=1S/C22H20ClN5O2/c1-26-11-12-28(21-20(26)24-16-5-2-3-6-17(16)25-21)22(30)14-8-9-15(23)18(13-14)27-10-4-7-19(27)29/h2-3,5-6,8-9,13H,4,7,10-12H2,1H3. The van der Waals surface area contributed by atoms with Crippen LogP contribution in [0.25, 0.3) is 11.0 Å². The van der Waals surface area contributed by atoms with Crippen LogP contribution in [0.3, 0.4) is 0 Å². The molecule has 0 radical (unpaired) electrons. The van der Waals surface area contributed by atoms with Gasteiger partial charge in [-0.25, -0.2) is 9.97 Å². The van der Waals surface area contributed by atoms with E-state index in [1.165, 1.54) is 0 Å². The van der Waals surface area contributed by atoms with Crippen molar-refractivity contribution in [3.05, 3.63) is 53.1 Å². The molecule has 30 heavy (non-hydrogen) atoms. The minimum atomic E-state index is -0.182. The largest absolute Gasteiger partial charge is 0.355 e. The second kappa shape index (κ2) is 7.25. The number of amides is 2. The molecule has 2 aliphatic heterocycles. The summed E-state index contributed by atoms with van der Waals surface area (Å²) in [5.74, 6) is 1.07. The predicted octanol–water partition coefficient (Wildman–Crippen LogP) is 3.51. The third kappa shape index (κ3) is 3.06. The Morgan fingerprint density at radius 1 is 1.00 bits per heavy atom. The normalized spacial score (nSPS) is 16.3. The first-order chi connectivity index (χ1) is 14.5. The Hall–Kier alpha value is -3.19. The summed E-state index contributed by atoms with van der Waals surface area (Å²) in [7, 11) is 1.95. The second-order valence-corrected chi connectivity index (χ2v) is 7.96. The number of rotatable bonds is 2. The summed E-state index contributed by atoms with van der Waals surface area (Å²) >= 11 is 6.35. The van der Waals surface area contributed by atoms with E-state index in [-0.39, 0.29) is 11.8 Å². The zero-order valence-electron chi connectivity index (χ0n) is 16.5. The number of hydrogen-bond donors (Lipinski definition) is 0. The van der Waals surface area contributed by atoms with Gasteiger partial charge in [0.1, 0.15) is 0 Å². The lowest BCUT2D eigenvalue weighted by atomic mass is 10.1. The molecule has 2 amide bonds. The molecular weight excluding hydrogens is 402 g/mol. The Balaban J connectivity index is 1.56. The Morgan fingerprint density at radius 2 is 1.73 bits per heavy atom. The minimum Gasteiger partial charge on any atom is -0.355 e. The first kappa shape index (κ1) is 18.8. The average molecular weight is 422 g/mol. The van der Waals surface area contributed by atoms with Gasteiger partial charge in [-0.3, -0.25) is 14.5 Å². The lowest BCUT2D eigenvalue weighted by Crippen LogP contribution is -2.43. The SMILES string of the molecule is CN1CCN(C(=O)c2ccc(Cl)c(N3CCCC3=O)c2)c2nc3ccccc3nc21. The topological polar surface area (TPSA) is 69.6 Å². The van der Waals surface area contributed by atoms with Crippen LogP contribution in [0.5, 0.6) is 0 Å². The Bertz CT molecular complexity index is 1180. The maximum atomic E-state index is 13.5. The molecule has 0 N–H and O–H groups in total. The summed E-state index contributed by atoms with van der Waals surface area (Å²) in [4.78, 5) is 40.4. The number of fused-ring (bicyclic) bond motifs is 2. The highest BCUT2D eigenvalue weighted by atomic mass is 35.5. The monoisotopic (exact) mass is 421 g/mol. The van der Waals surface area contributed by atoms with Crippen molar-refractivity contribution in [2.24, 2.45) is 0 Å². The number of hydrogen-bond acceptors (Lipinski definition) is 5. The van der Waals surface area contributed by atoms with Crippen LogP contribution >= 0.6 is 11.6 Å². The van der Waals surface area contributed by atoms with Crippen molar-refractivity contribution >= 4 is 51.8 Å². The van der Waals surface area contributed by atoms with E-state index in [1.807, 2.05) is 36.2 Å². The van der Waals surface area contributed by atoms with Gasteiger partial charge < -0.3 is 9.80 Å². The first-order valence-corrected chi connectivity index (χ1v) is 10.3. The molecule has 2 aliphatic rings. The van der Waals surface area contributed by atoms with Crippen LogP contribution in [0.1, 0.15) is 23.2 Å². The van der Waals surface area contributed by atoms with Crippen LogP contribution in [0.4, 0.5) is 17.3 Å². The number of benzene rings is 2. The number of anilines is 3. The van der Waals surface area contributed by atoms with Crippen LogP contribution in [-0.2, 0) is 4.79 Å². The van der Waals surface area contributed by atoms with Gasteiger partial charge in [-0.15, -0.1) is 0 Å². The van der Waals surface area contributed by atoms with Gasteiger partial charge in [-0.05, 0) is 36.8 Å². The highest BCUT2D eigenvalue weighted by Gasteiger charge is 2.30. The quantitative estimate of drug-likeness (QED) is 0.633. The van der Waals surface area contributed by atoms with Gasteiger partial charge in [0.15, 0.2) is 11.6 Å². The van der Waals surface area contributed by atoms with Crippen molar-refractivity contribution in [3.63, 3.8) is 0 Å². The van der Waals surface area contributed by atoms with E-state index in [2.05, 4.69) is 0 Å². The number of aromatic nitrogens is 2. The highest BCUT2D eigenvalue weighted by Crippen LogP contribution is 2.34. The van der Waals surface area contributed by atoms with Gasteiger partial charge in [0, 0.05) is 38.7 Å². The number of likely N-dealkylation sites (N-methyl/N-ethyl adjacent to an activating group) is 1. The average Bonchev–Trinajstić information content (AvgIpc) is 3.18. The van der Waals surface area contributed by atoms with Gasteiger partial charge in [-0.2, -0.15) is 0 Å². The van der Waals surface area contributed by atoms with Crippen LogP contribution in [-0.4, -0.2) is 48.5 Å². The number of halogens is 1. The molecule has 0 spiro atoms. The van der Waals surface area contributed by atoms with Crippen LogP contribution in [0.2, 0.25) is 5.02 Å². The Labute approximate surface area is 178 Å². The van der Waals surface area contributed by atoms with E-state index in [9.17, 15) is 9.59 Å². The predicted molar refractivity (Wildman–Crippen MR) is 118 cm³/mol. The zero-order chi connectivity index (χ0) is 20.8. The molecule has 0 saturated carbocycles. The molecule has 152 valence electrons. The Kier molecular flexibility index (Phi) is 4.55. The molecule has 0 unspecified atom stereocenters. The first-order valence-electron chi connectivity index (χ1n) is 9.92. The van der Waals surface area contributed by atoms with Gasteiger partial charge in [0.25, 0.3) is 5.91 Å². The molecule has 7 nitrogen and oxygen atoms in total. The lowest BCUT2D eigenvalue weighted by Gasteiger charge is -2.34. The van der Waals surface area contributed by atoms with Gasteiger partial charge >= 0.3 is 0 Å². The number of carbonyl (C=O) groups excluding carboxylic acids is 2. The summed E-state index contributed by atoms with van der Waals surface area (Å²) in [5.41, 5.74) is 2.59. The summed E-state index contributed by atoms with van der Waals surface area (Å²) in [5, 5.41) is 0.464. The highest BCUT2D eigenvalue weighted by molar-refractivity contribution is 6.34. The molecule has 0 bridgehead atoms. The van der Waals surface area contributed by atoms with Gasteiger partial charge in [-0.1, -0.05) is 23.7 Å². The molecule has 8 heteroatoms. The Morgan fingerprint density at radius 3 is 2.43 bits per heavy atom. The van der Waals surface area contributed by atoms with Crippen molar-refractivity contribution < 1.29 is 9.59 Å². The zero-order valence-corrected chi connectivity index (χ0v) is 17.3. The van der Waals surface area contributed by atoms with E-state index >= 15 is 0 Å². The maximum absolute atomic E-state index is 13.5. The smallest absolute Gasteiger partial charge is 0.259 e. The van der Waals surface area contributed by atoms with Gasteiger partial charge in [0.2, 0.25) is 5.91 Å². The molecule has 1 aromatic heterocycles. The fourth-order valence-corrected chi connectivity index (χ4v) is 4.21. The molecule has 3 aromatic rings. The van der Waals surface area contributed by atoms with Crippen molar-refractivity contribution in [2.45, 2.75) is 12.8 Å². The van der Waals surface area contributed by atoms with E-state index in [0.29, 0.717) is 54.0 Å². The molecule has 0 atom stereocenters. The third-order valence-corrected chi connectivity index (χ3v) is 5.93. The summed E-state index contributed by atoms with van der Waals surface area (Å²) in [6.45, 7) is 1.76. The molecule has 1 saturated heterocycles. The third-order valence-electron chi connectivity index (χ3n) is 5.61. The van der Waals surface area contributed by atoms with E-state index < -0.39 is 0 Å². The number of carbonyl (C=O) groups is 2. The molecule has 5 rings (SSSR count). The van der Waals surface area contributed by atoms with E-state index in [1.54, 1.807) is 28.0 Å². The number of nitrogens with zero attached hydrogens (tertiary/aromatic N) is 5. The van der Waals surface area contributed by atoms with Crippen molar-refractivity contribution in [3.8, 4) is 0 Å². The summed E-state index contributed by atoms with van der Waals surface area (Å²) < 4.78 is 0. The van der Waals surface area contributed by atoms with E-state index in [0.717, 1.165) is 17.5 Å².